The summed E-state index contributed by atoms with van der Waals surface area (Å²) in [6, 6.07) is 0. The van der Waals surface area contributed by atoms with Crippen LogP contribution in [0.3, 0.4) is 0 Å². The second kappa shape index (κ2) is 3.07. The summed E-state index contributed by atoms with van der Waals surface area (Å²) >= 11 is 3.66. The minimum atomic E-state index is 0.358. The van der Waals surface area contributed by atoms with Crippen molar-refractivity contribution in [2.24, 2.45) is 29.1 Å². The van der Waals surface area contributed by atoms with Crippen molar-refractivity contribution in [1.82, 2.24) is 0 Å². The van der Waals surface area contributed by atoms with Crippen molar-refractivity contribution < 1.29 is 4.79 Å². The van der Waals surface area contributed by atoms with E-state index < -0.39 is 0 Å². The molecule has 0 radical (unpaired) electrons. The van der Waals surface area contributed by atoms with Gasteiger partial charge in [0.15, 0.2) is 0 Å². The summed E-state index contributed by atoms with van der Waals surface area (Å²) < 4.78 is 0. The molecule has 3 atom stereocenters. The molecule has 3 unspecified atom stereocenters. The molecule has 0 saturated heterocycles. The second-order valence-electron chi connectivity index (χ2n) is 5.77. The van der Waals surface area contributed by atoms with Crippen molar-refractivity contribution in [1.29, 1.82) is 0 Å². The monoisotopic (exact) mass is 256 g/mol. The number of hydrogen-bond donors (Lipinski definition) is 0. The third-order valence-electron chi connectivity index (χ3n) is 4.96. The Balaban J connectivity index is 1.97. The summed E-state index contributed by atoms with van der Waals surface area (Å²) in [4.78, 5) is 11.2. The van der Waals surface area contributed by atoms with Gasteiger partial charge in [0.05, 0.1) is 0 Å². The lowest BCUT2D eigenvalue weighted by atomic mass is 9.46. The van der Waals surface area contributed by atoms with Gasteiger partial charge in [-0.2, -0.15) is 0 Å². The SMILES string of the molecule is O=CC1C2CC3CC(C2)CC1(CBr)C3. The summed E-state index contributed by atoms with van der Waals surface area (Å²) in [5, 5.41) is 1.05. The molecule has 1 nitrogen and oxygen atoms in total. The van der Waals surface area contributed by atoms with Gasteiger partial charge in [0.1, 0.15) is 6.29 Å². The van der Waals surface area contributed by atoms with Crippen molar-refractivity contribution in [3.63, 3.8) is 0 Å². The first-order valence-corrected chi connectivity index (χ1v) is 6.91. The molecule has 4 bridgehead atoms. The molecule has 4 rings (SSSR count). The Bertz CT molecular complexity index is 249. The predicted octanol–water partition coefficient (Wildman–Crippen LogP) is 3.02. The van der Waals surface area contributed by atoms with E-state index in [2.05, 4.69) is 15.9 Å². The van der Waals surface area contributed by atoms with Crippen LogP contribution in [0.1, 0.15) is 32.1 Å². The third kappa shape index (κ3) is 1.09. The van der Waals surface area contributed by atoms with Crippen LogP contribution < -0.4 is 0 Å². The molecule has 0 heterocycles. The van der Waals surface area contributed by atoms with Gasteiger partial charge in [-0.05, 0) is 55.3 Å². The Morgan fingerprint density at radius 3 is 2.36 bits per heavy atom. The average molecular weight is 257 g/mol. The molecule has 78 valence electrons. The first-order valence-electron chi connectivity index (χ1n) is 5.78. The van der Waals surface area contributed by atoms with Gasteiger partial charge in [0.25, 0.3) is 0 Å². The highest BCUT2D eigenvalue weighted by atomic mass is 79.9. The first-order chi connectivity index (χ1) is 6.77. The molecule has 14 heavy (non-hydrogen) atoms. The van der Waals surface area contributed by atoms with Crippen LogP contribution in [0.15, 0.2) is 0 Å². The zero-order valence-electron chi connectivity index (χ0n) is 8.42. The highest BCUT2D eigenvalue weighted by Gasteiger charge is 2.56. The molecule has 0 N–H and O–H groups in total. The Kier molecular flexibility index (Phi) is 2.06. The fourth-order valence-electron chi connectivity index (χ4n) is 4.70. The van der Waals surface area contributed by atoms with Crippen LogP contribution in [0.25, 0.3) is 0 Å². The van der Waals surface area contributed by atoms with Gasteiger partial charge in [-0.3, -0.25) is 0 Å². The second-order valence-corrected chi connectivity index (χ2v) is 6.33. The molecule has 0 aliphatic heterocycles. The number of carbonyl (C=O) groups excluding carboxylic acids is 1. The number of halogens is 1. The van der Waals surface area contributed by atoms with Gasteiger partial charge in [0, 0.05) is 11.2 Å². The molecule has 4 fully saturated rings. The minimum absolute atomic E-state index is 0.358. The van der Waals surface area contributed by atoms with Gasteiger partial charge >= 0.3 is 0 Å². The molecule has 4 saturated carbocycles. The van der Waals surface area contributed by atoms with Crippen molar-refractivity contribution >= 4 is 22.2 Å². The van der Waals surface area contributed by atoms with Gasteiger partial charge in [-0.15, -0.1) is 0 Å². The Hall–Kier alpha value is 0.150. The summed E-state index contributed by atoms with van der Waals surface area (Å²) in [6.45, 7) is 0. The van der Waals surface area contributed by atoms with Crippen LogP contribution in [0.5, 0.6) is 0 Å². The van der Waals surface area contributed by atoms with E-state index in [1.807, 2.05) is 0 Å². The third-order valence-corrected chi connectivity index (χ3v) is 6.07. The molecular weight excluding hydrogens is 240 g/mol. The number of aldehydes is 1. The van der Waals surface area contributed by atoms with E-state index in [0.29, 0.717) is 11.3 Å². The Morgan fingerprint density at radius 1 is 1.21 bits per heavy atom. The fourth-order valence-corrected chi connectivity index (χ4v) is 5.53. The topological polar surface area (TPSA) is 17.1 Å². The quantitative estimate of drug-likeness (QED) is 0.549. The standard InChI is InChI=1S/C12H17BrO/c13-7-12-4-8-1-9(5-12)3-10(2-8)11(12)6-14/h6,8-11H,1-5,7H2. The van der Waals surface area contributed by atoms with Gasteiger partial charge in [-0.1, -0.05) is 15.9 Å². The normalized spacial score (nSPS) is 54.9. The lowest BCUT2D eigenvalue weighted by Gasteiger charge is -2.59. The van der Waals surface area contributed by atoms with Crippen LogP contribution >= 0.6 is 15.9 Å². The Labute approximate surface area is 93.8 Å². The van der Waals surface area contributed by atoms with E-state index in [9.17, 15) is 4.79 Å². The lowest BCUT2D eigenvalue weighted by molar-refractivity contribution is -0.135. The van der Waals surface area contributed by atoms with E-state index >= 15 is 0 Å². The molecule has 0 aromatic heterocycles. The summed E-state index contributed by atoms with van der Waals surface area (Å²) in [5.74, 6) is 2.99. The van der Waals surface area contributed by atoms with Crippen LogP contribution in [-0.4, -0.2) is 11.6 Å². The number of rotatable bonds is 2. The molecule has 0 aromatic rings. The smallest absolute Gasteiger partial charge is 0.123 e. The molecule has 4 aliphatic carbocycles. The molecular formula is C12H17BrO. The summed E-state index contributed by atoms with van der Waals surface area (Å²) in [7, 11) is 0. The average Bonchev–Trinajstić information content (AvgIpc) is 2.16. The highest BCUT2D eigenvalue weighted by molar-refractivity contribution is 9.09. The minimum Gasteiger partial charge on any atom is -0.303 e. The molecule has 0 spiro atoms. The number of hydrogen-bond acceptors (Lipinski definition) is 1. The molecule has 4 aliphatic rings. The number of carbonyl (C=O) groups is 1. The first kappa shape index (κ1) is 9.38. The summed E-state index contributed by atoms with van der Waals surface area (Å²) in [5.41, 5.74) is 0.358. The van der Waals surface area contributed by atoms with Crippen molar-refractivity contribution in [2.75, 3.05) is 5.33 Å². The van der Waals surface area contributed by atoms with E-state index in [0.717, 1.165) is 23.1 Å². The van der Waals surface area contributed by atoms with Crippen LogP contribution in [0.2, 0.25) is 0 Å². The van der Waals surface area contributed by atoms with Crippen LogP contribution in [0, 0.1) is 29.1 Å². The summed E-state index contributed by atoms with van der Waals surface area (Å²) in [6.07, 6.45) is 8.03. The van der Waals surface area contributed by atoms with Crippen LogP contribution in [-0.2, 0) is 4.79 Å². The van der Waals surface area contributed by atoms with E-state index in [1.165, 1.54) is 38.4 Å². The van der Waals surface area contributed by atoms with Crippen LogP contribution in [0.4, 0.5) is 0 Å². The molecule has 0 aromatic carbocycles. The van der Waals surface area contributed by atoms with Crippen molar-refractivity contribution in [2.45, 2.75) is 32.1 Å². The van der Waals surface area contributed by atoms with E-state index in [-0.39, 0.29) is 0 Å². The van der Waals surface area contributed by atoms with Crippen molar-refractivity contribution in [3.05, 3.63) is 0 Å². The van der Waals surface area contributed by atoms with Gasteiger partial charge < -0.3 is 4.79 Å². The molecule has 0 amide bonds. The van der Waals surface area contributed by atoms with E-state index in [1.54, 1.807) is 0 Å². The predicted molar refractivity (Wildman–Crippen MR) is 59.3 cm³/mol. The maximum atomic E-state index is 11.2. The molecule has 2 heteroatoms. The van der Waals surface area contributed by atoms with Crippen molar-refractivity contribution in [3.8, 4) is 0 Å². The maximum Gasteiger partial charge on any atom is 0.123 e. The number of alkyl halides is 1. The zero-order chi connectivity index (χ0) is 9.76. The maximum absolute atomic E-state index is 11.2. The largest absolute Gasteiger partial charge is 0.303 e. The lowest BCUT2D eigenvalue weighted by Crippen LogP contribution is -2.54. The van der Waals surface area contributed by atoms with Gasteiger partial charge in [-0.25, -0.2) is 0 Å². The van der Waals surface area contributed by atoms with E-state index in [4.69, 9.17) is 0 Å². The van der Waals surface area contributed by atoms with Gasteiger partial charge in [0.2, 0.25) is 0 Å². The fraction of sp³-hybridized carbons (Fsp3) is 0.917. The zero-order valence-corrected chi connectivity index (χ0v) is 10.0. The highest BCUT2D eigenvalue weighted by Crippen LogP contribution is 2.62. The Morgan fingerprint density at radius 2 is 1.86 bits per heavy atom.